The normalized spacial score (nSPS) is 13.9. The van der Waals surface area contributed by atoms with Gasteiger partial charge in [-0.3, -0.25) is 0 Å². The Balaban J connectivity index is 2.58. The highest BCUT2D eigenvalue weighted by Crippen LogP contribution is 2.22. The fourth-order valence-corrected chi connectivity index (χ4v) is 1.85. The lowest BCUT2D eigenvalue weighted by molar-refractivity contribution is 0.433. The molecule has 4 N–H and O–H groups in total. The van der Waals surface area contributed by atoms with Crippen molar-refractivity contribution in [3.63, 3.8) is 0 Å². The molecule has 0 saturated carbocycles. The zero-order chi connectivity index (χ0) is 11.5. The number of rotatable bonds is 4. The van der Waals surface area contributed by atoms with E-state index in [-0.39, 0.29) is 11.6 Å². The van der Waals surface area contributed by atoms with Gasteiger partial charge in [0, 0.05) is 16.1 Å². The first kappa shape index (κ1) is 12.7. The molecule has 0 saturated heterocycles. The Morgan fingerprint density at radius 1 is 1.40 bits per heavy atom. The van der Waals surface area contributed by atoms with Gasteiger partial charge in [-0.2, -0.15) is 0 Å². The highest BCUT2D eigenvalue weighted by Gasteiger charge is 2.14. The van der Waals surface area contributed by atoms with E-state index < -0.39 is 0 Å². The van der Waals surface area contributed by atoms with Gasteiger partial charge in [0.2, 0.25) is 0 Å². The van der Waals surface area contributed by atoms with E-state index in [1.54, 1.807) is 0 Å². The van der Waals surface area contributed by atoms with Crippen LogP contribution in [-0.4, -0.2) is 5.54 Å². The third kappa shape index (κ3) is 4.78. The maximum Gasteiger partial charge on any atom is 0.0295 e. The molecule has 0 aliphatic rings. The SMILES string of the molecule is CC(C)(N)CCC(N)c1cccc(Br)c1. The van der Waals surface area contributed by atoms with Crippen molar-refractivity contribution in [2.24, 2.45) is 11.5 Å². The summed E-state index contributed by atoms with van der Waals surface area (Å²) in [6.45, 7) is 4.06. The van der Waals surface area contributed by atoms with Gasteiger partial charge in [-0.15, -0.1) is 0 Å². The predicted molar refractivity (Wildman–Crippen MR) is 68.6 cm³/mol. The number of nitrogens with two attached hydrogens (primary N) is 2. The van der Waals surface area contributed by atoms with Crippen molar-refractivity contribution in [1.29, 1.82) is 0 Å². The molecule has 1 atom stereocenters. The Bertz CT molecular complexity index is 318. The standard InChI is InChI=1S/C12H19BrN2/c1-12(2,15)7-6-11(14)9-4-3-5-10(13)8-9/h3-5,8,11H,6-7,14-15H2,1-2H3. The summed E-state index contributed by atoms with van der Waals surface area (Å²) in [7, 11) is 0. The van der Waals surface area contributed by atoms with Crippen LogP contribution in [-0.2, 0) is 0 Å². The zero-order valence-corrected chi connectivity index (χ0v) is 10.9. The summed E-state index contributed by atoms with van der Waals surface area (Å²) in [5, 5.41) is 0. The Morgan fingerprint density at radius 3 is 2.60 bits per heavy atom. The fraction of sp³-hybridized carbons (Fsp3) is 0.500. The maximum absolute atomic E-state index is 6.09. The largest absolute Gasteiger partial charge is 0.326 e. The molecule has 0 aromatic heterocycles. The van der Waals surface area contributed by atoms with Gasteiger partial charge in [0.05, 0.1) is 0 Å². The molecule has 3 heteroatoms. The van der Waals surface area contributed by atoms with Crippen LogP contribution in [0.4, 0.5) is 0 Å². The van der Waals surface area contributed by atoms with Crippen molar-refractivity contribution < 1.29 is 0 Å². The third-order valence-corrected chi connectivity index (χ3v) is 2.87. The molecule has 0 bridgehead atoms. The lowest BCUT2D eigenvalue weighted by Crippen LogP contribution is -2.32. The van der Waals surface area contributed by atoms with E-state index in [1.807, 2.05) is 26.0 Å². The van der Waals surface area contributed by atoms with E-state index in [9.17, 15) is 0 Å². The van der Waals surface area contributed by atoms with Crippen molar-refractivity contribution in [3.05, 3.63) is 34.3 Å². The van der Waals surface area contributed by atoms with Gasteiger partial charge in [0.25, 0.3) is 0 Å². The van der Waals surface area contributed by atoms with Crippen LogP contribution in [0.5, 0.6) is 0 Å². The van der Waals surface area contributed by atoms with Crippen LogP contribution in [0.2, 0.25) is 0 Å². The zero-order valence-electron chi connectivity index (χ0n) is 9.33. The average Bonchev–Trinajstić information content (AvgIpc) is 2.13. The molecule has 0 amide bonds. The second-order valence-electron chi connectivity index (χ2n) is 4.69. The minimum absolute atomic E-state index is 0.0744. The summed E-state index contributed by atoms with van der Waals surface area (Å²) < 4.78 is 1.07. The molecule has 1 aromatic carbocycles. The van der Waals surface area contributed by atoms with E-state index in [0.29, 0.717) is 0 Å². The first-order valence-corrected chi connectivity index (χ1v) is 5.98. The van der Waals surface area contributed by atoms with Gasteiger partial charge in [0.1, 0.15) is 0 Å². The second kappa shape index (κ2) is 5.10. The van der Waals surface area contributed by atoms with Crippen LogP contribution in [0.3, 0.4) is 0 Å². The fourth-order valence-electron chi connectivity index (χ4n) is 1.43. The maximum atomic E-state index is 6.09. The summed E-state index contributed by atoms with van der Waals surface area (Å²) in [4.78, 5) is 0. The quantitative estimate of drug-likeness (QED) is 0.884. The van der Waals surface area contributed by atoms with Crippen LogP contribution in [0.1, 0.15) is 38.3 Å². The number of hydrogen-bond donors (Lipinski definition) is 2. The predicted octanol–water partition coefficient (Wildman–Crippen LogP) is 2.97. The van der Waals surface area contributed by atoms with E-state index >= 15 is 0 Å². The molecule has 1 unspecified atom stereocenters. The summed E-state index contributed by atoms with van der Waals surface area (Å²) in [5.41, 5.74) is 13.0. The van der Waals surface area contributed by atoms with Crippen LogP contribution < -0.4 is 11.5 Å². The molecule has 84 valence electrons. The van der Waals surface area contributed by atoms with E-state index in [2.05, 4.69) is 28.1 Å². The van der Waals surface area contributed by atoms with Crippen molar-refractivity contribution in [1.82, 2.24) is 0 Å². The molecule has 15 heavy (non-hydrogen) atoms. The molecule has 1 aromatic rings. The van der Waals surface area contributed by atoms with Gasteiger partial charge in [0.15, 0.2) is 0 Å². The highest BCUT2D eigenvalue weighted by molar-refractivity contribution is 9.10. The first-order valence-electron chi connectivity index (χ1n) is 5.18. The molecule has 1 rings (SSSR count). The number of halogens is 1. The van der Waals surface area contributed by atoms with Crippen LogP contribution in [0.15, 0.2) is 28.7 Å². The van der Waals surface area contributed by atoms with Crippen molar-refractivity contribution in [2.75, 3.05) is 0 Å². The van der Waals surface area contributed by atoms with Crippen LogP contribution >= 0.6 is 15.9 Å². The molecule has 0 spiro atoms. The summed E-state index contributed by atoms with van der Waals surface area (Å²) in [5.74, 6) is 0. The summed E-state index contributed by atoms with van der Waals surface area (Å²) in [6, 6.07) is 8.20. The van der Waals surface area contributed by atoms with Gasteiger partial charge < -0.3 is 11.5 Å². The topological polar surface area (TPSA) is 52.0 Å². The van der Waals surface area contributed by atoms with Gasteiger partial charge in [-0.05, 0) is 44.4 Å². The Hall–Kier alpha value is -0.380. The van der Waals surface area contributed by atoms with Crippen molar-refractivity contribution in [3.8, 4) is 0 Å². The number of hydrogen-bond acceptors (Lipinski definition) is 2. The lowest BCUT2D eigenvalue weighted by Gasteiger charge is -2.21. The van der Waals surface area contributed by atoms with Gasteiger partial charge in [-0.25, -0.2) is 0 Å². The Labute approximate surface area is 100 Å². The highest BCUT2D eigenvalue weighted by atomic mass is 79.9. The first-order chi connectivity index (χ1) is 6.88. The van der Waals surface area contributed by atoms with E-state index in [0.717, 1.165) is 22.9 Å². The molecule has 2 nitrogen and oxygen atoms in total. The van der Waals surface area contributed by atoms with E-state index in [4.69, 9.17) is 11.5 Å². The minimum atomic E-state index is -0.135. The number of benzene rings is 1. The van der Waals surface area contributed by atoms with Gasteiger partial charge in [-0.1, -0.05) is 28.1 Å². The molecular weight excluding hydrogens is 252 g/mol. The minimum Gasteiger partial charge on any atom is -0.326 e. The van der Waals surface area contributed by atoms with Crippen molar-refractivity contribution >= 4 is 15.9 Å². The van der Waals surface area contributed by atoms with Crippen LogP contribution in [0.25, 0.3) is 0 Å². The van der Waals surface area contributed by atoms with Crippen LogP contribution in [0, 0.1) is 0 Å². The molecular formula is C12H19BrN2. The second-order valence-corrected chi connectivity index (χ2v) is 5.60. The third-order valence-electron chi connectivity index (χ3n) is 2.38. The monoisotopic (exact) mass is 270 g/mol. The molecule has 0 aliphatic heterocycles. The van der Waals surface area contributed by atoms with Gasteiger partial charge >= 0.3 is 0 Å². The smallest absolute Gasteiger partial charge is 0.0295 e. The Morgan fingerprint density at radius 2 is 2.07 bits per heavy atom. The summed E-state index contributed by atoms with van der Waals surface area (Å²) in [6.07, 6.45) is 1.85. The van der Waals surface area contributed by atoms with Crippen molar-refractivity contribution in [2.45, 2.75) is 38.3 Å². The lowest BCUT2D eigenvalue weighted by atomic mass is 9.94. The molecule has 0 radical (unpaired) electrons. The summed E-state index contributed by atoms with van der Waals surface area (Å²) >= 11 is 3.44. The van der Waals surface area contributed by atoms with E-state index in [1.165, 1.54) is 0 Å². The molecule has 0 fully saturated rings. The Kier molecular flexibility index (Phi) is 4.32. The molecule has 0 heterocycles. The molecule has 0 aliphatic carbocycles. The average molecular weight is 271 g/mol.